The molecule has 3 heteroatoms. The summed E-state index contributed by atoms with van der Waals surface area (Å²) < 4.78 is 4.27. The number of rotatable bonds is 2. The first-order chi connectivity index (χ1) is 5.59. The minimum atomic E-state index is -0.347. The molecular weight excluding hydrogens is 176 g/mol. The predicted molar refractivity (Wildman–Crippen MR) is 52.0 cm³/mol. The lowest BCUT2D eigenvalue weighted by Gasteiger charge is -1.91. The van der Waals surface area contributed by atoms with Crippen LogP contribution < -0.4 is 0 Å². The number of carbonyl (C=O) groups excluding carboxylic acids is 1. The van der Waals surface area contributed by atoms with Gasteiger partial charge in [-0.05, 0) is 6.92 Å². The van der Waals surface area contributed by atoms with Crippen molar-refractivity contribution in [1.82, 2.24) is 0 Å². The number of ether oxygens (including phenoxy) is 1. The first-order valence-electron chi connectivity index (χ1n) is 3.21. The number of hydrogen-bond acceptors (Lipinski definition) is 2. The van der Waals surface area contributed by atoms with Gasteiger partial charge in [0.25, 0.3) is 0 Å². The van der Waals surface area contributed by atoms with Crippen LogP contribution in [0.3, 0.4) is 0 Å². The van der Waals surface area contributed by atoms with Crippen LogP contribution in [0.2, 0.25) is 0 Å². The SMILES string of the molecule is C=C(C)C(=O)OC.C=CC=CCl. The molecule has 68 valence electrons. The molecule has 0 aliphatic carbocycles. The van der Waals surface area contributed by atoms with Crippen molar-refractivity contribution < 1.29 is 9.53 Å². The van der Waals surface area contributed by atoms with E-state index in [2.05, 4.69) is 17.9 Å². The Kier molecular flexibility index (Phi) is 11.3. The molecule has 0 spiro atoms. The zero-order valence-corrected chi connectivity index (χ0v) is 8.10. The third-order valence-corrected chi connectivity index (χ3v) is 0.888. The van der Waals surface area contributed by atoms with Crippen molar-refractivity contribution in [3.63, 3.8) is 0 Å². The van der Waals surface area contributed by atoms with Gasteiger partial charge >= 0.3 is 5.97 Å². The summed E-state index contributed by atoms with van der Waals surface area (Å²) >= 11 is 5.05. The van der Waals surface area contributed by atoms with Gasteiger partial charge in [0.1, 0.15) is 0 Å². The molecule has 0 heterocycles. The largest absolute Gasteiger partial charge is 0.466 e. The van der Waals surface area contributed by atoms with Crippen LogP contribution in [0.15, 0.2) is 36.4 Å². The van der Waals surface area contributed by atoms with E-state index in [0.717, 1.165) is 0 Å². The summed E-state index contributed by atoms with van der Waals surface area (Å²) in [5.41, 5.74) is 1.84. The molecule has 0 atom stereocenters. The van der Waals surface area contributed by atoms with Crippen molar-refractivity contribution in [2.24, 2.45) is 0 Å². The highest BCUT2D eigenvalue weighted by atomic mass is 35.5. The number of esters is 1. The molecule has 0 saturated carbocycles. The Morgan fingerprint density at radius 2 is 2.08 bits per heavy atom. The highest BCUT2D eigenvalue weighted by Gasteiger charge is 1.95. The van der Waals surface area contributed by atoms with Gasteiger partial charge in [-0.25, -0.2) is 4.79 Å². The summed E-state index contributed by atoms with van der Waals surface area (Å²) in [4.78, 5) is 10.2. The standard InChI is InChI=1S/C5H8O2.C4H5Cl/c1-4(2)5(6)7-3;1-2-3-4-5/h1H2,2-3H3;2-4H,1H2. The lowest BCUT2D eigenvalue weighted by molar-refractivity contribution is -0.136. The molecule has 0 bridgehead atoms. The van der Waals surface area contributed by atoms with E-state index in [1.807, 2.05) is 0 Å². The van der Waals surface area contributed by atoms with Crippen LogP contribution in [0, 0.1) is 0 Å². The maximum atomic E-state index is 10.2. The average molecular weight is 189 g/mol. The third-order valence-electron chi connectivity index (χ3n) is 0.743. The normalized spacial score (nSPS) is 8.25. The molecule has 2 nitrogen and oxygen atoms in total. The van der Waals surface area contributed by atoms with Gasteiger partial charge in [-0.3, -0.25) is 0 Å². The van der Waals surface area contributed by atoms with E-state index in [0.29, 0.717) is 5.57 Å². The van der Waals surface area contributed by atoms with Crippen LogP contribution in [-0.2, 0) is 9.53 Å². The second-order valence-electron chi connectivity index (χ2n) is 1.83. The minimum absolute atomic E-state index is 0.347. The van der Waals surface area contributed by atoms with Gasteiger partial charge in [-0.2, -0.15) is 0 Å². The molecule has 0 amide bonds. The lowest BCUT2D eigenvalue weighted by atomic mass is 10.4. The summed E-state index contributed by atoms with van der Waals surface area (Å²) in [5, 5.41) is 0. The molecule has 0 aliphatic rings. The lowest BCUT2D eigenvalue weighted by Crippen LogP contribution is -1.98. The highest BCUT2D eigenvalue weighted by molar-refractivity contribution is 6.25. The Labute approximate surface area is 78.2 Å². The number of halogens is 1. The maximum absolute atomic E-state index is 10.2. The number of hydrogen-bond donors (Lipinski definition) is 0. The fourth-order valence-corrected chi connectivity index (χ4v) is 0.329. The molecule has 0 fully saturated rings. The van der Waals surface area contributed by atoms with Crippen LogP contribution >= 0.6 is 11.6 Å². The van der Waals surface area contributed by atoms with Crippen molar-refractivity contribution in [3.8, 4) is 0 Å². The molecule has 0 unspecified atom stereocenters. The van der Waals surface area contributed by atoms with Gasteiger partial charge in [0.05, 0.1) is 7.11 Å². The maximum Gasteiger partial charge on any atom is 0.332 e. The predicted octanol–water partition coefficient (Wildman–Crippen LogP) is 2.66. The Morgan fingerprint density at radius 3 is 2.08 bits per heavy atom. The summed E-state index contributed by atoms with van der Waals surface area (Å²) in [6, 6.07) is 0. The van der Waals surface area contributed by atoms with Gasteiger partial charge in [0.2, 0.25) is 0 Å². The molecule has 0 aromatic carbocycles. The van der Waals surface area contributed by atoms with Crippen molar-refractivity contribution in [2.75, 3.05) is 7.11 Å². The van der Waals surface area contributed by atoms with E-state index in [4.69, 9.17) is 11.6 Å². The quantitative estimate of drug-likeness (QED) is 0.378. The number of allylic oxidation sites excluding steroid dienone is 2. The van der Waals surface area contributed by atoms with Gasteiger partial charge in [0.15, 0.2) is 0 Å². The van der Waals surface area contributed by atoms with Gasteiger partial charge < -0.3 is 4.74 Å². The second-order valence-corrected chi connectivity index (χ2v) is 2.08. The molecule has 0 aromatic heterocycles. The average Bonchev–Trinajstić information content (AvgIpc) is 2.05. The van der Waals surface area contributed by atoms with Crippen LogP contribution in [0.5, 0.6) is 0 Å². The zero-order chi connectivity index (χ0) is 9.98. The second kappa shape index (κ2) is 9.98. The Hall–Kier alpha value is -1.02. The van der Waals surface area contributed by atoms with E-state index in [9.17, 15) is 4.79 Å². The molecule has 0 N–H and O–H groups in total. The van der Waals surface area contributed by atoms with Crippen LogP contribution in [0.4, 0.5) is 0 Å². The van der Waals surface area contributed by atoms with Crippen molar-refractivity contribution in [1.29, 1.82) is 0 Å². The first-order valence-corrected chi connectivity index (χ1v) is 3.65. The third kappa shape index (κ3) is 11.7. The van der Waals surface area contributed by atoms with Crippen molar-refractivity contribution in [3.05, 3.63) is 36.4 Å². The molecule has 0 aliphatic heterocycles. The number of methoxy groups -OCH3 is 1. The summed E-state index contributed by atoms with van der Waals surface area (Å²) in [6.45, 7) is 8.33. The number of carbonyl (C=O) groups is 1. The topological polar surface area (TPSA) is 26.3 Å². The Bertz CT molecular complexity index is 183. The van der Waals surface area contributed by atoms with Crippen LogP contribution in [0.25, 0.3) is 0 Å². The van der Waals surface area contributed by atoms with Crippen LogP contribution in [-0.4, -0.2) is 13.1 Å². The summed E-state index contributed by atoms with van der Waals surface area (Å²) in [7, 11) is 1.33. The summed E-state index contributed by atoms with van der Waals surface area (Å²) in [5.74, 6) is -0.347. The first kappa shape index (κ1) is 13.6. The molecule has 0 aromatic rings. The van der Waals surface area contributed by atoms with Gasteiger partial charge in [0, 0.05) is 11.1 Å². The highest BCUT2D eigenvalue weighted by Crippen LogP contribution is 1.87. The van der Waals surface area contributed by atoms with E-state index >= 15 is 0 Å². The fraction of sp³-hybridized carbons (Fsp3) is 0.222. The molecule has 12 heavy (non-hydrogen) atoms. The van der Waals surface area contributed by atoms with E-state index in [-0.39, 0.29) is 5.97 Å². The minimum Gasteiger partial charge on any atom is -0.466 e. The zero-order valence-electron chi connectivity index (χ0n) is 7.34. The van der Waals surface area contributed by atoms with E-state index in [1.54, 1.807) is 19.1 Å². The van der Waals surface area contributed by atoms with Crippen LogP contribution in [0.1, 0.15) is 6.92 Å². The fourth-order valence-electron chi connectivity index (χ4n) is 0.226. The van der Waals surface area contributed by atoms with Gasteiger partial charge in [-0.15, -0.1) is 0 Å². The molecule has 0 radical (unpaired) electrons. The van der Waals surface area contributed by atoms with E-state index in [1.165, 1.54) is 12.6 Å². The van der Waals surface area contributed by atoms with Crippen molar-refractivity contribution in [2.45, 2.75) is 6.92 Å². The van der Waals surface area contributed by atoms with Gasteiger partial charge in [-0.1, -0.05) is 36.9 Å². The summed E-state index contributed by atoms with van der Waals surface area (Å²) in [6.07, 6.45) is 3.27. The Morgan fingerprint density at radius 1 is 1.58 bits per heavy atom. The molecule has 0 rings (SSSR count). The Balaban J connectivity index is 0. The molecular formula is C9H13ClO2. The smallest absolute Gasteiger partial charge is 0.332 e. The monoisotopic (exact) mass is 188 g/mol. The molecule has 0 saturated heterocycles. The van der Waals surface area contributed by atoms with Crippen molar-refractivity contribution >= 4 is 17.6 Å². The van der Waals surface area contributed by atoms with E-state index < -0.39 is 0 Å².